The molecule has 0 radical (unpaired) electrons. The third-order valence-corrected chi connectivity index (χ3v) is 3.62. The van der Waals surface area contributed by atoms with Gasteiger partial charge in [-0.05, 0) is 25.5 Å². The van der Waals surface area contributed by atoms with Crippen LogP contribution in [0.2, 0.25) is 0 Å². The summed E-state index contributed by atoms with van der Waals surface area (Å²) in [5.74, 6) is -0.885. The molecule has 1 aliphatic heterocycles. The van der Waals surface area contributed by atoms with Crippen LogP contribution < -0.4 is 0 Å². The molecule has 1 N–H and O–H groups in total. The van der Waals surface area contributed by atoms with E-state index in [9.17, 15) is 9.90 Å². The Bertz CT molecular complexity index is 399. The Kier molecular flexibility index (Phi) is 4.93. The summed E-state index contributed by atoms with van der Waals surface area (Å²) in [7, 11) is 2.07. The third-order valence-electron chi connectivity index (χ3n) is 3.62. The Morgan fingerprint density at radius 2 is 2.00 bits per heavy atom. The van der Waals surface area contributed by atoms with Gasteiger partial charge in [-0.25, -0.2) is 0 Å². The van der Waals surface area contributed by atoms with Crippen molar-refractivity contribution in [2.75, 3.05) is 26.7 Å². The van der Waals surface area contributed by atoms with Gasteiger partial charge in [0, 0.05) is 13.1 Å². The number of piperidine rings is 1. The van der Waals surface area contributed by atoms with E-state index in [0.717, 1.165) is 31.5 Å². The second-order valence-corrected chi connectivity index (χ2v) is 5.09. The predicted molar refractivity (Wildman–Crippen MR) is 72.9 cm³/mol. The van der Waals surface area contributed by atoms with Gasteiger partial charge in [0.2, 0.25) is 0 Å². The Labute approximate surface area is 114 Å². The number of carbonyl (C=O) groups is 1. The van der Waals surface area contributed by atoms with E-state index < -0.39 is 5.92 Å². The number of esters is 1. The molecule has 2 rings (SSSR count). The van der Waals surface area contributed by atoms with E-state index in [2.05, 4.69) is 11.9 Å². The Balaban J connectivity index is 1.94. The van der Waals surface area contributed by atoms with Gasteiger partial charge in [-0.2, -0.15) is 0 Å². The van der Waals surface area contributed by atoms with E-state index in [1.54, 1.807) is 0 Å². The molecule has 19 heavy (non-hydrogen) atoms. The molecule has 1 aromatic carbocycles. The van der Waals surface area contributed by atoms with E-state index in [1.807, 2.05) is 30.3 Å². The first-order valence-electron chi connectivity index (χ1n) is 6.75. The Morgan fingerprint density at radius 1 is 1.37 bits per heavy atom. The van der Waals surface area contributed by atoms with E-state index in [4.69, 9.17) is 4.74 Å². The zero-order valence-electron chi connectivity index (χ0n) is 11.3. The van der Waals surface area contributed by atoms with E-state index in [0.29, 0.717) is 0 Å². The molecule has 0 bridgehead atoms. The van der Waals surface area contributed by atoms with Crippen molar-refractivity contribution in [2.24, 2.45) is 0 Å². The van der Waals surface area contributed by atoms with Gasteiger partial charge in [0.05, 0.1) is 6.61 Å². The Hall–Kier alpha value is -1.39. The van der Waals surface area contributed by atoms with Gasteiger partial charge in [-0.15, -0.1) is 0 Å². The van der Waals surface area contributed by atoms with Crippen LogP contribution in [0.25, 0.3) is 0 Å². The van der Waals surface area contributed by atoms with Crippen molar-refractivity contribution in [1.82, 2.24) is 4.90 Å². The highest BCUT2D eigenvalue weighted by Crippen LogP contribution is 2.20. The predicted octanol–water partition coefficient (Wildman–Crippen LogP) is 1.40. The van der Waals surface area contributed by atoms with Gasteiger partial charge in [-0.3, -0.25) is 4.79 Å². The van der Waals surface area contributed by atoms with Crippen molar-refractivity contribution < 1.29 is 14.6 Å². The molecule has 1 aromatic rings. The topological polar surface area (TPSA) is 49.8 Å². The fraction of sp³-hybridized carbons (Fsp3) is 0.533. The molecule has 4 heteroatoms. The number of benzene rings is 1. The molecule has 1 saturated heterocycles. The molecular formula is C15H21NO3. The summed E-state index contributed by atoms with van der Waals surface area (Å²) in [6.45, 7) is 1.69. The number of hydrogen-bond donors (Lipinski definition) is 1. The maximum Gasteiger partial charge on any atom is 0.316 e. The Morgan fingerprint density at radius 3 is 2.58 bits per heavy atom. The van der Waals surface area contributed by atoms with Crippen molar-refractivity contribution in [3.8, 4) is 0 Å². The lowest BCUT2D eigenvalue weighted by atomic mass is 10.00. The molecule has 1 atom stereocenters. The average Bonchev–Trinajstić information content (AvgIpc) is 2.43. The largest absolute Gasteiger partial charge is 0.462 e. The van der Waals surface area contributed by atoms with Crippen LogP contribution in [0.4, 0.5) is 0 Å². The first kappa shape index (κ1) is 14.0. The summed E-state index contributed by atoms with van der Waals surface area (Å²) >= 11 is 0. The molecule has 1 heterocycles. The van der Waals surface area contributed by atoms with E-state index in [1.165, 1.54) is 0 Å². The van der Waals surface area contributed by atoms with Crippen molar-refractivity contribution in [1.29, 1.82) is 0 Å². The van der Waals surface area contributed by atoms with Crippen LogP contribution >= 0.6 is 0 Å². The van der Waals surface area contributed by atoms with Crippen molar-refractivity contribution in [3.05, 3.63) is 35.9 Å². The molecule has 104 valence electrons. The number of rotatable bonds is 4. The van der Waals surface area contributed by atoms with Gasteiger partial charge < -0.3 is 14.7 Å². The third kappa shape index (κ3) is 3.78. The number of carbonyl (C=O) groups excluding carboxylic acids is 1. The zero-order valence-corrected chi connectivity index (χ0v) is 11.3. The molecular weight excluding hydrogens is 242 g/mol. The average molecular weight is 263 g/mol. The van der Waals surface area contributed by atoms with Crippen LogP contribution in [0.15, 0.2) is 30.3 Å². The maximum absolute atomic E-state index is 12.1. The lowest BCUT2D eigenvalue weighted by Gasteiger charge is -2.29. The molecule has 1 fully saturated rings. The van der Waals surface area contributed by atoms with Crippen LogP contribution in [0.1, 0.15) is 24.3 Å². The second kappa shape index (κ2) is 6.68. The summed E-state index contributed by atoms with van der Waals surface area (Å²) in [4.78, 5) is 14.4. The van der Waals surface area contributed by atoms with Crippen molar-refractivity contribution in [2.45, 2.75) is 24.9 Å². The molecule has 1 unspecified atom stereocenters. The van der Waals surface area contributed by atoms with Crippen LogP contribution in [0.3, 0.4) is 0 Å². The minimum absolute atomic E-state index is 0.0125. The SMILES string of the molecule is CN1CCC(OC(=O)C(CO)c2ccccc2)CC1. The second-order valence-electron chi connectivity index (χ2n) is 5.09. The molecule has 0 spiro atoms. The summed E-state index contributed by atoms with van der Waals surface area (Å²) in [5.41, 5.74) is 0.808. The number of hydrogen-bond acceptors (Lipinski definition) is 4. The number of ether oxygens (including phenoxy) is 1. The fourth-order valence-electron chi connectivity index (χ4n) is 2.35. The smallest absolute Gasteiger partial charge is 0.316 e. The summed E-state index contributed by atoms with van der Waals surface area (Å²) in [6.07, 6.45) is 1.73. The molecule has 0 amide bonds. The zero-order chi connectivity index (χ0) is 13.7. The highest BCUT2D eigenvalue weighted by molar-refractivity contribution is 5.78. The van der Waals surface area contributed by atoms with E-state index in [-0.39, 0.29) is 18.7 Å². The van der Waals surface area contributed by atoms with Crippen LogP contribution in [-0.4, -0.2) is 48.8 Å². The maximum atomic E-state index is 12.1. The van der Waals surface area contributed by atoms with Crippen molar-refractivity contribution >= 4 is 5.97 Å². The van der Waals surface area contributed by atoms with Gasteiger partial charge in [0.1, 0.15) is 12.0 Å². The molecule has 0 saturated carbocycles. The van der Waals surface area contributed by atoms with Gasteiger partial charge in [0.15, 0.2) is 0 Å². The van der Waals surface area contributed by atoms with Gasteiger partial charge >= 0.3 is 5.97 Å². The minimum atomic E-state index is -0.569. The normalized spacial score (nSPS) is 19.1. The fourth-order valence-corrected chi connectivity index (χ4v) is 2.35. The summed E-state index contributed by atoms with van der Waals surface area (Å²) in [6, 6.07) is 9.30. The molecule has 1 aliphatic rings. The van der Waals surface area contributed by atoms with Gasteiger partial charge in [-0.1, -0.05) is 30.3 Å². The van der Waals surface area contributed by atoms with Crippen molar-refractivity contribution in [3.63, 3.8) is 0 Å². The number of nitrogens with zero attached hydrogens (tertiary/aromatic N) is 1. The lowest BCUT2D eigenvalue weighted by Crippen LogP contribution is -2.36. The summed E-state index contributed by atoms with van der Waals surface area (Å²) in [5, 5.41) is 9.41. The number of aliphatic hydroxyl groups excluding tert-OH is 1. The highest BCUT2D eigenvalue weighted by atomic mass is 16.5. The number of likely N-dealkylation sites (tertiary alicyclic amines) is 1. The van der Waals surface area contributed by atoms with Gasteiger partial charge in [0.25, 0.3) is 0 Å². The molecule has 0 aliphatic carbocycles. The summed E-state index contributed by atoms with van der Waals surface area (Å²) < 4.78 is 5.52. The first-order valence-corrected chi connectivity index (χ1v) is 6.75. The number of aliphatic hydroxyl groups is 1. The molecule has 4 nitrogen and oxygen atoms in total. The van der Waals surface area contributed by atoms with Crippen LogP contribution in [0.5, 0.6) is 0 Å². The minimum Gasteiger partial charge on any atom is -0.462 e. The standard InChI is InChI=1S/C15H21NO3/c1-16-9-7-13(8-10-16)19-15(18)14(11-17)12-5-3-2-4-6-12/h2-6,13-14,17H,7-11H2,1H3. The van der Waals surface area contributed by atoms with Crippen LogP contribution in [0, 0.1) is 0 Å². The quantitative estimate of drug-likeness (QED) is 0.834. The van der Waals surface area contributed by atoms with E-state index >= 15 is 0 Å². The first-order chi connectivity index (χ1) is 9.20. The van der Waals surface area contributed by atoms with Crippen LogP contribution in [-0.2, 0) is 9.53 Å². The lowest BCUT2D eigenvalue weighted by molar-refractivity contribution is -0.154. The molecule has 0 aromatic heterocycles. The monoisotopic (exact) mass is 263 g/mol. The highest BCUT2D eigenvalue weighted by Gasteiger charge is 2.26.